The van der Waals surface area contributed by atoms with Gasteiger partial charge in [-0.3, -0.25) is 9.69 Å². The highest BCUT2D eigenvalue weighted by Crippen LogP contribution is 2.22. The fourth-order valence-corrected chi connectivity index (χ4v) is 2.83. The van der Waals surface area contributed by atoms with Gasteiger partial charge in [-0.15, -0.1) is 0 Å². The van der Waals surface area contributed by atoms with Crippen molar-refractivity contribution in [2.75, 3.05) is 18.9 Å². The first-order chi connectivity index (χ1) is 9.56. The van der Waals surface area contributed by atoms with E-state index < -0.39 is 0 Å². The second kappa shape index (κ2) is 7.07. The van der Waals surface area contributed by atoms with Crippen molar-refractivity contribution in [3.8, 4) is 0 Å². The molecule has 0 aromatic heterocycles. The van der Waals surface area contributed by atoms with E-state index in [0.29, 0.717) is 29.3 Å². The number of rotatable bonds is 4. The second-order valence-corrected chi connectivity index (χ2v) is 5.92. The van der Waals surface area contributed by atoms with Gasteiger partial charge in [-0.05, 0) is 44.9 Å². The summed E-state index contributed by atoms with van der Waals surface area (Å²) >= 11 is 6.03. The molecule has 0 bridgehead atoms. The molecular formula is C15H22ClN3O. The summed E-state index contributed by atoms with van der Waals surface area (Å²) in [6.45, 7) is 0.380. The van der Waals surface area contributed by atoms with Crippen molar-refractivity contribution >= 4 is 23.2 Å². The molecule has 1 aliphatic carbocycles. The number of nitrogens with zero attached hydrogens (tertiary/aromatic N) is 1. The molecule has 1 aliphatic rings. The van der Waals surface area contributed by atoms with Crippen LogP contribution in [0.2, 0.25) is 5.02 Å². The molecule has 110 valence electrons. The van der Waals surface area contributed by atoms with E-state index in [1.54, 1.807) is 12.1 Å². The number of benzene rings is 1. The van der Waals surface area contributed by atoms with Crippen molar-refractivity contribution in [1.29, 1.82) is 0 Å². The molecule has 0 atom stereocenters. The second-order valence-electron chi connectivity index (χ2n) is 5.51. The number of anilines is 1. The maximum Gasteiger partial charge on any atom is 0.238 e. The fourth-order valence-electron chi connectivity index (χ4n) is 2.65. The van der Waals surface area contributed by atoms with Crippen molar-refractivity contribution in [3.05, 3.63) is 29.3 Å². The molecule has 4 nitrogen and oxygen atoms in total. The van der Waals surface area contributed by atoms with E-state index in [1.807, 2.05) is 19.2 Å². The zero-order valence-electron chi connectivity index (χ0n) is 11.8. The number of hydrogen-bond donors (Lipinski definition) is 2. The van der Waals surface area contributed by atoms with Gasteiger partial charge in [0, 0.05) is 12.1 Å². The van der Waals surface area contributed by atoms with Gasteiger partial charge in [0.25, 0.3) is 0 Å². The molecule has 0 spiro atoms. The van der Waals surface area contributed by atoms with Gasteiger partial charge in [0.05, 0.1) is 17.3 Å². The summed E-state index contributed by atoms with van der Waals surface area (Å²) in [7, 11) is 1.99. The number of nitrogens with two attached hydrogens (primary N) is 1. The summed E-state index contributed by atoms with van der Waals surface area (Å²) in [4.78, 5) is 14.2. The number of hydrogen-bond acceptors (Lipinski definition) is 3. The third kappa shape index (κ3) is 4.20. The van der Waals surface area contributed by atoms with E-state index >= 15 is 0 Å². The normalized spacial score (nSPS) is 22.8. The molecule has 0 unspecified atom stereocenters. The summed E-state index contributed by atoms with van der Waals surface area (Å²) in [6.07, 6.45) is 4.22. The molecule has 0 aliphatic heterocycles. The van der Waals surface area contributed by atoms with Gasteiger partial charge in [-0.1, -0.05) is 23.7 Å². The molecule has 3 N–H and O–H groups in total. The number of nitrogens with one attached hydrogen (secondary N) is 1. The van der Waals surface area contributed by atoms with Crippen molar-refractivity contribution < 1.29 is 4.79 Å². The number of likely N-dealkylation sites (N-methyl/N-ethyl adjacent to an activating group) is 1. The highest BCUT2D eigenvalue weighted by atomic mass is 35.5. The van der Waals surface area contributed by atoms with Crippen LogP contribution >= 0.6 is 11.6 Å². The topological polar surface area (TPSA) is 58.4 Å². The van der Waals surface area contributed by atoms with E-state index in [2.05, 4.69) is 10.2 Å². The molecule has 5 heteroatoms. The Morgan fingerprint density at radius 1 is 1.35 bits per heavy atom. The largest absolute Gasteiger partial charge is 0.328 e. The maximum atomic E-state index is 12.0. The Bertz CT molecular complexity index is 458. The van der Waals surface area contributed by atoms with Crippen LogP contribution in [0.15, 0.2) is 24.3 Å². The third-order valence-electron chi connectivity index (χ3n) is 3.91. The summed E-state index contributed by atoms with van der Waals surface area (Å²) in [6, 6.07) is 8.05. The van der Waals surface area contributed by atoms with E-state index in [4.69, 9.17) is 17.3 Å². The lowest BCUT2D eigenvalue weighted by Crippen LogP contribution is -2.42. The lowest BCUT2D eigenvalue weighted by Gasteiger charge is -2.33. The third-order valence-corrected chi connectivity index (χ3v) is 4.24. The van der Waals surface area contributed by atoms with Crippen molar-refractivity contribution in [3.63, 3.8) is 0 Å². The predicted octanol–water partition coefficient (Wildman–Crippen LogP) is 2.48. The minimum absolute atomic E-state index is 0.0320. The molecule has 1 fully saturated rings. The van der Waals surface area contributed by atoms with E-state index in [1.165, 1.54) is 0 Å². The average Bonchev–Trinajstić information content (AvgIpc) is 2.42. The molecule has 1 saturated carbocycles. The van der Waals surface area contributed by atoms with Gasteiger partial charge in [0.15, 0.2) is 0 Å². The molecule has 20 heavy (non-hydrogen) atoms. The van der Waals surface area contributed by atoms with Crippen LogP contribution in [0.5, 0.6) is 0 Å². The monoisotopic (exact) mass is 295 g/mol. The molecular weight excluding hydrogens is 274 g/mol. The van der Waals surface area contributed by atoms with Gasteiger partial charge in [0.1, 0.15) is 0 Å². The van der Waals surface area contributed by atoms with Crippen LogP contribution in [0.4, 0.5) is 5.69 Å². The molecule has 2 rings (SSSR count). The predicted molar refractivity (Wildman–Crippen MR) is 82.9 cm³/mol. The Balaban J connectivity index is 1.84. The van der Waals surface area contributed by atoms with Crippen LogP contribution in [0.3, 0.4) is 0 Å². The van der Waals surface area contributed by atoms with E-state index in [0.717, 1.165) is 25.7 Å². The SMILES string of the molecule is CN(CC(=O)Nc1ccccc1Cl)C1CCC(N)CC1. The van der Waals surface area contributed by atoms with E-state index in [-0.39, 0.29) is 5.91 Å². The Hall–Kier alpha value is -1.10. The van der Waals surface area contributed by atoms with Crippen molar-refractivity contribution in [1.82, 2.24) is 4.90 Å². The molecule has 1 aromatic rings. The zero-order chi connectivity index (χ0) is 14.5. The quantitative estimate of drug-likeness (QED) is 0.897. The number of carbonyl (C=O) groups is 1. The summed E-state index contributed by atoms with van der Waals surface area (Å²) in [5, 5.41) is 3.41. The van der Waals surface area contributed by atoms with Gasteiger partial charge in [-0.2, -0.15) is 0 Å². The number of carbonyl (C=O) groups excluding carboxylic acids is 1. The average molecular weight is 296 g/mol. The zero-order valence-corrected chi connectivity index (χ0v) is 12.6. The minimum Gasteiger partial charge on any atom is -0.328 e. The first-order valence-electron chi connectivity index (χ1n) is 7.06. The molecule has 1 amide bonds. The van der Waals surface area contributed by atoms with Crippen molar-refractivity contribution in [2.45, 2.75) is 37.8 Å². The highest BCUT2D eigenvalue weighted by molar-refractivity contribution is 6.33. The van der Waals surface area contributed by atoms with Gasteiger partial charge >= 0.3 is 0 Å². The first kappa shape index (κ1) is 15.3. The van der Waals surface area contributed by atoms with Crippen LogP contribution in [-0.4, -0.2) is 36.5 Å². The van der Waals surface area contributed by atoms with E-state index in [9.17, 15) is 4.79 Å². The molecule has 0 heterocycles. The van der Waals surface area contributed by atoms with Crippen LogP contribution in [-0.2, 0) is 4.79 Å². The van der Waals surface area contributed by atoms with Crippen LogP contribution < -0.4 is 11.1 Å². The summed E-state index contributed by atoms with van der Waals surface area (Å²) < 4.78 is 0. The summed E-state index contributed by atoms with van der Waals surface area (Å²) in [5.41, 5.74) is 6.57. The molecule has 0 radical (unpaired) electrons. The molecule has 1 aromatic carbocycles. The Kier molecular flexibility index (Phi) is 5.40. The lowest BCUT2D eigenvalue weighted by molar-refractivity contribution is -0.117. The minimum atomic E-state index is -0.0320. The number of halogens is 1. The summed E-state index contributed by atoms with van der Waals surface area (Å²) in [5.74, 6) is -0.0320. The molecule has 0 saturated heterocycles. The van der Waals surface area contributed by atoms with Gasteiger partial charge < -0.3 is 11.1 Å². The Morgan fingerprint density at radius 3 is 2.65 bits per heavy atom. The van der Waals surface area contributed by atoms with Crippen LogP contribution in [0.1, 0.15) is 25.7 Å². The lowest BCUT2D eigenvalue weighted by atomic mass is 9.91. The van der Waals surface area contributed by atoms with Gasteiger partial charge in [0.2, 0.25) is 5.91 Å². The van der Waals surface area contributed by atoms with Crippen LogP contribution in [0, 0.1) is 0 Å². The standard InChI is InChI=1S/C15H22ClN3O/c1-19(12-8-6-11(17)7-9-12)10-15(20)18-14-5-3-2-4-13(14)16/h2-5,11-12H,6-10,17H2,1H3,(H,18,20). The highest BCUT2D eigenvalue weighted by Gasteiger charge is 2.23. The fraction of sp³-hybridized carbons (Fsp3) is 0.533. The van der Waals surface area contributed by atoms with Gasteiger partial charge in [-0.25, -0.2) is 0 Å². The first-order valence-corrected chi connectivity index (χ1v) is 7.44. The Morgan fingerprint density at radius 2 is 2.00 bits per heavy atom. The van der Waals surface area contributed by atoms with Crippen molar-refractivity contribution in [2.24, 2.45) is 5.73 Å². The maximum absolute atomic E-state index is 12.0. The Labute approximate surface area is 125 Å². The number of amides is 1. The smallest absolute Gasteiger partial charge is 0.238 e. The number of para-hydroxylation sites is 1. The van der Waals surface area contributed by atoms with Crippen LogP contribution in [0.25, 0.3) is 0 Å².